The summed E-state index contributed by atoms with van der Waals surface area (Å²) in [6.45, 7) is 2.57. The number of imidazole rings is 1. The van der Waals surface area contributed by atoms with E-state index in [2.05, 4.69) is 10.1 Å². The maximum Gasteiger partial charge on any atom is 0.329 e. The SMILES string of the molecule is CCn1c(=O)n(CCC(=O)OCc2noc(-c3ccccc3Cl)n2)c2ccccc21. The van der Waals surface area contributed by atoms with Crippen molar-refractivity contribution in [2.75, 3.05) is 0 Å². The molecule has 4 rings (SSSR count). The second-order valence-corrected chi connectivity index (χ2v) is 6.98. The largest absolute Gasteiger partial charge is 0.457 e. The van der Waals surface area contributed by atoms with Gasteiger partial charge < -0.3 is 9.26 Å². The van der Waals surface area contributed by atoms with Gasteiger partial charge in [0.05, 0.1) is 28.0 Å². The van der Waals surface area contributed by atoms with Crippen molar-refractivity contribution in [3.63, 3.8) is 0 Å². The number of nitrogens with zero attached hydrogens (tertiary/aromatic N) is 4. The fourth-order valence-corrected chi connectivity index (χ4v) is 3.49. The number of carbonyl (C=O) groups is 1. The number of rotatable bonds is 7. The van der Waals surface area contributed by atoms with E-state index in [0.29, 0.717) is 17.1 Å². The van der Waals surface area contributed by atoms with Crippen LogP contribution in [-0.4, -0.2) is 25.2 Å². The lowest BCUT2D eigenvalue weighted by molar-refractivity contribution is -0.145. The van der Waals surface area contributed by atoms with Crippen molar-refractivity contribution < 1.29 is 14.1 Å². The first-order valence-electron chi connectivity index (χ1n) is 9.49. The molecule has 0 bridgehead atoms. The van der Waals surface area contributed by atoms with Gasteiger partial charge in [-0.1, -0.05) is 41.0 Å². The maximum absolute atomic E-state index is 12.6. The Balaban J connectivity index is 1.39. The highest BCUT2D eigenvalue weighted by molar-refractivity contribution is 6.33. The molecule has 0 aliphatic heterocycles. The molecule has 0 saturated heterocycles. The molecular weight excluding hydrogens is 408 g/mol. The van der Waals surface area contributed by atoms with Gasteiger partial charge in [-0.2, -0.15) is 4.98 Å². The van der Waals surface area contributed by atoms with Crippen molar-refractivity contribution in [1.82, 2.24) is 19.3 Å². The summed E-state index contributed by atoms with van der Waals surface area (Å²) in [5.41, 5.74) is 2.10. The molecule has 0 atom stereocenters. The molecule has 2 heterocycles. The number of benzene rings is 2. The van der Waals surface area contributed by atoms with Gasteiger partial charge >= 0.3 is 11.7 Å². The summed E-state index contributed by atoms with van der Waals surface area (Å²) >= 11 is 6.12. The Hall–Kier alpha value is -3.39. The Labute approximate surface area is 176 Å². The van der Waals surface area contributed by atoms with Crippen LogP contribution in [0.1, 0.15) is 19.2 Å². The van der Waals surface area contributed by atoms with Crippen LogP contribution < -0.4 is 5.69 Å². The minimum absolute atomic E-state index is 0.0485. The van der Waals surface area contributed by atoms with Gasteiger partial charge in [0.15, 0.2) is 6.61 Å². The van der Waals surface area contributed by atoms with Crippen LogP contribution in [0.3, 0.4) is 0 Å². The lowest BCUT2D eigenvalue weighted by Crippen LogP contribution is -2.25. The van der Waals surface area contributed by atoms with Crippen molar-refractivity contribution in [3.8, 4) is 11.5 Å². The molecule has 154 valence electrons. The number of halogens is 1. The summed E-state index contributed by atoms with van der Waals surface area (Å²) in [5, 5.41) is 4.30. The molecule has 0 aliphatic rings. The third-order valence-electron chi connectivity index (χ3n) is 4.72. The number of hydrogen-bond donors (Lipinski definition) is 0. The first kappa shape index (κ1) is 19.9. The van der Waals surface area contributed by atoms with E-state index in [1.165, 1.54) is 0 Å². The Morgan fingerprint density at radius 2 is 1.80 bits per heavy atom. The first-order chi connectivity index (χ1) is 14.6. The van der Waals surface area contributed by atoms with Crippen LogP contribution in [0.2, 0.25) is 5.02 Å². The highest BCUT2D eigenvalue weighted by Crippen LogP contribution is 2.25. The zero-order valence-corrected chi connectivity index (χ0v) is 17.0. The molecule has 8 nitrogen and oxygen atoms in total. The van der Waals surface area contributed by atoms with Crippen molar-refractivity contribution in [2.45, 2.75) is 33.0 Å². The highest BCUT2D eigenvalue weighted by Gasteiger charge is 2.15. The van der Waals surface area contributed by atoms with E-state index in [0.717, 1.165) is 11.0 Å². The molecule has 2 aromatic heterocycles. The van der Waals surface area contributed by atoms with Gasteiger partial charge in [-0.3, -0.25) is 13.9 Å². The van der Waals surface area contributed by atoms with E-state index in [9.17, 15) is 9.59 Å². The molecule has 2 aromatic carbocycles. The minimum Gasteiger partial charge on any atom is -0.457 e. The molecule has 30 heavy (non-hydrogen) atoms. The molecule has 0 aliphatic carbocycles. The smallest absolute Gasteiger partial charge is 0.329 e. The molecule has 0 amide bonds. The molecule has 0 fully saturated rings. The van der Waals surface area contributed by atoms with E-state index in [4.69, 9.17) is 20.9 Å². The van der Waals surface area contributed by atoms with E-state index < -0.39 is 5.97 Å². The molecule has 0 spiro atoms. The van der Waals surface area contributed by atoms with Crippen LogP contribution in [0.5, 0.6) is 0 Å². The van der Waals surface area contributed by atoms with Gasteiger partial charge in [0.1, 0.15) is 0 Å². The van der Waals surface area contributed by atoms with Crippen molar-refractivity contribution >= 4 is 28.6 Å². The molecular formula is C21H19ClN4O4. The number of aromatic nitrogens is 4. The fraction of sp³-hybridized carbons (Fsp3) is 0.238. The predicted octanol–water partition coefficient (Wildman–Crippen LogP) is 3.66. The van der Waals surface area contributed by atoms with Crippen molar-refractivity contribution in [3.05, 3.63) is 69.9 Å². The monoisotopic (exact) mass is 426 g/mol. The number of esters is 1. The summed E-state index contributed by atoms with van der Waals surface area (Å²) in [7, 11) is 0. The zero-order chi connectivity index (χ0) is 21.1. The predicted molar refractivity (Wildman–Crippen MR) is 111 cm³/mol. The topological polar surface area (TPSA) is 92.2 Å². The average Bonchev–Trinajstić information content (AvgIpc) is 3.33. The Morgan fingerprint density at radius 1 is 1.10 bits per heavy atom. The number of para-hydroxylation sites is 2. The standard InChI is InChI=1S/C21H19ClN4O4/c1-2-25-16-9-5-6-10-17(16)26(21(25)28)12-11-19(27)29-13-18-23-20(30-24-18)14-7-3-4-8-15(14)22/h3-10H,2,11-13H2,1H3. The number of hydrogen-bond acceptors (Lipinski definition) is 6. The second-order valence-electron chi connectivity index (χ2n) is 6.57. The minimum atomic E-state index is -0.459. The van der Waals surface area contributed by atoms with Gasteiger partial charge in [-0.15, -0.1) is 0 Å². The quantitative estimate of drug-likeness (QED) is 0.419. The van der Waals surface area contributed by atoms with E-state index in [1.807, 2.05) is 37.3 Å². The van der Waals surface area contributed by atoms with Crippen LogP contribution >= 0.6 is 11.6 Å². The number of fused-ring (bicyclic) bond motifs is 1. The summed E-state index contributed by atoms with van der Waals surface area (Å²) in [5.74, 6) is 0.0305. The Morgan fingerprint density at radius 3 is 2.53 bits per heavy atom. The molecule has 4 aromatic rings. The number of aryl methyl sites for hydroxylation is 2. The second kappa shape index (κ2) is 8.54. The lowest BCUT2D eigenvalue weighted by atomic mass is 10.2. The normalized spacial score (nSPS) is 11.1. The molecule has 0 unspecified atom stereocenters. The Bertz CT molecular complexity index is 1260. The van der Waals surface area contributed by atoms with Crippen molar-refractivity contribution in [2.24, 2.45) is 0 Å². The summed E-state index contributed by atoms with van der Waals surface area (Å²) in [6.07, 6.45) is 0.0485. The molecule has 0 radical (unpaired) electrons. The van der Waals surface area contributed by atoms with Gasteiger partial charge in [0, 0.05) is 13.1 Å². The average molecular weight is 427 g/mol. The van der Waals surface area contributed by atoms with Crippen LogP contribution in [0.4, 0.5) is 0 Å². The highest BCUT2D eigenvalue weighted by atomic mass is 35.5. The van der Waals surface area contributed by atoms with Gasteiger partial charge in [0.25, 0.3) is 5.89 Å². The van der Waals surface area contributed by atoms with E-state index in [-0.39, 0.29) is 37.0 Å². The van der Waals surface area contributed by atoms with Crippen LogP contribution in [0, 0.1) is 0 Å². The maximum atomic E-state index is 12.6. The number of carbonyl (C=O) groups excluding carboxylic acids is 1. The van der Waals surface area contributed by atoms with Crippen molar-refractivity contribution in [1.29, 1.82) is 0 Å². The van der Waals surface area contributed by atoms with Gasteiger partial charge in [-0.25, -0.2) is 4.79 Å². The van der Waals surface area contributed by atoms with E-state index in [1.54, 1.807) is 27.3 Å². The van der Waals surface area contributed by atoms with Crippen LogP contribution in [0.25, 0.3) is 22.5 Å². The number of ether oxygens (including phenoxy) is 1. The molecule has 0 saturated carbocycles. The third kappa shape index (κ3) is 3.86. The van der Waals surface area contributed by atoms with Crippen LogP contribution in [-0.2, 0) is 29.2 Å². The summed E-state index contributed by atoms with van der Waals surface area (Å²) < 4.78 is 13.7. The zero-order valence-electron chi connectivity index (χ0n) is 16.2. The molecule has 9 heteroatoms. The third-order valence-corrected chi connectivity index (χ3v) is 5.05. The summed E-state index contributed by atoms with van der Waals surface area (Å²) in [6, 6.07) is 14.6. The molecule has 0 N–H and O–H groups in total. The summed E-state index contributed by atoms with van der Waals surface area (Å²) in [4.78, 5) is 29.0. The fourth-order valence-electron chi connectivity index (χ4n) is 3.27. The van der Waals surface area contributed by atoms with Gasteiger partial charge in [-0.05, 0) is 31.2 Å². The van der Waals surface area contributed by atoms with E-state index >= 15 is 0 Å². The van der Waals surface area contributed by atoms with Crippen LogP contribution in [0.15, 0.2) is 57.8 Å². The lowest BCUT2D eigenvalue weighted by Gasteiger charge is -2.04. The van der Waals surface area contributed by atoms with Gasteiger partial charge in [0.2, 0.25) is 5.82 Å². The first-order valence-corrected chi connectivity index (χ1v) is 9.87. The Kier molecular flexibility index (Phi) is 5.67.